The van der Waals surface area contributed by atoms with Gasteiger partial charge in [0, 0.05) is 5.56 Å². The second kappa shape index (κ2) is 6.97. The number of ether oxygens (including phenoxy) is 1. The highest BCUT2D eigenvalue weighted by Gasteiger charge is 2.13. The number of carbonyl (C=O) groups is 1. The van der Waals surface area contributed by atoms with Gasteiger partial charge in [-0.05, 0) is 77.7 Å². The maximum absolute atomic E-state index is 12.4. The lowest BCUT2D eigenvalue weighted by molar-refractivity contribution is 0.0940. The molecule has 0 heterocycles. The number of rotatable bonds is 4. The summed E-state index contributed by atoms with van der Waals surface area (Å²) in [6.07, 6.45) is 0. The van der Waals surface area contributed by atoms with Crippen LogP contribution in [0.3, 0.4) is 0 Å². The number of hydrogen-bond acceptors (Lipinski definition) is 2. The molecule has 3 nitrogen and oxygen atoms in total. The fraction of sp³-hybridized carbons (Fsp3) is 0.278. The van der Waals surface area contributed by atoms with E-state index >= 15 is 0 Å². The minimum Gasteiger partial charge on any atom is -0.496 e. The molecule has 1 atom stereocenters. The second-order valence-corrected chi connectivity index (χ2v) is 6.24. The summed E-state index contributed by atoms with van der Waals surface area (Å²) < 4.78 is 6.10. The van der Waals surface area contributed by atoms with E-state index in [2.05, 4.69) is 21.2 Å². The molecule has 116 valence electrons. The van der Waals surface area contributed by atoms with Gasteiger partial charge in [-0.15, -0.1) is 0 Å². The highest BCUT2D eigenvalue weighted by molar-refractivity contribution is 9.10. The number of methoxy groups -OCH3 is 1. The molecule has 0 aliphatic heterocycles. The molecule has 1 amide bonds. The van der Waals surface area contributed by atoms with Crippen LogP contribution in [-0.4, -0.2) is 13.0 Å². The Morgan fingerprint density at radius 2 is 1.86 bits per heavy atom. The van der Waals surface area contributed by atoms with Gasteiger partial charge >= 0.3 is 0 Å². The van der Waals surface area contributed by atoms with Crippen LogP contribution in [0.1, 0.15) is 40.0 Å². The SMILES string of the molecule is COc1ccc([C@H](C)NC(=O)c2ccc(C)c(C)c2)cc1Br. The van der Waals surface area contributed by atoms with E-state index in [1.54, 1.807) is 7.11 Å². The van der Waals surface area contributed by atoms with Gasteiger partial charge in [-0.3, -0.25) is 4.79 Å². The predicted octanol–water partition coefficient (Wildman–Crippen LogP) is 4.57. The summed E-state index contributed by atoms with van der Waals surface area (Å²) >= 11 is 3.47. The van der Waals surface area contributed by atoms with Crippen LogP contribution < -0.4 is 10.1 Å². The molecule has 2 aromatic carbocycles. The molecular formula is C18H20BrNO2. The third-order valence-electron chi connectivity index (χ3n) is 3.79. The topological polar surface area (TPSA) is 38.3 Å². The molecule has 1 N–H and O–H groups in total. The molecular weight excluding hydrogens is 342 g/mol. The Hall–Kier alpha value is -1.81. The lowest BCUT2D eigenvalue weighted by Gasteiger charge is -2.16. The summed E-state index contributed by atoms with van der Waals surface area (Å²) in [5.74, 6) is 0.707. The van der Waals surface area contributed by atoms with Crippen molar-refractivity contribution in [2.75, 3.05) is 7.11 Å². The average molecular weight is 362 g/mol. The van der Waals surface area contributed by atoms with Gasteiger partial charge < -0.3 is 10.1 Å². The highest BCUT2D eigenvalue weighted by Crippen LogP contribution is 2.28. The fourth-order valence-corrected chi connectivity index (χ4v) is 2.76. The van der Waals surface area contributed by atoms with Gasteiger partial charge in [0.1, 0.15) is 5.75 Å². The first-order valence-electron chi connectivity index (χ1n) is 7.14. The van der Waals surface area contributed by atoms with Crippen LogP contribution in [0.4, 0.5) is 0 Å². The van der Waals surface area contributed by atoms with Crippen LogP contribution in [0.15, 0.2) is 40.9 Å². The van der Waals surface area contributed by atoms with Crippen molar-refractivity contribution in [1.29, 1.82) is 0 Å². The molecule has 0 fully saturated rings. The summed E-state index contributed by atoms with van der Waals surface area (Å²) in [6.45, 7) is 6.01. The zero-order valence-corrected chi connectivity index (χ0v) is 14.8. The van der Waals surface area contributed by atoms with Crippen molar-refractivity contribution in [2.24, 2.45) is 0 Å². The summed E-state index contributed by atoms with van der Waals surface area (Å²) in [5, 5.41) is 3.02. The maximum atomic E-state index is 12.4. The maximum Gasteiger partial charge on any atom is 0.251 e. The summed E-state index contributed by atoms with van der Waals surface area (Å²) in [5.41, 5.74) is 4.00. The normalized spacial score (nSPS) is 11.9. The van der Waals surface area contributed by atoms with Gasteiger partial charge in [0.05, 0.1) is 17.6 Å². The monoisotopic (exact) mass is 361 g/mol. The number of carbonyl (C=O) groups excluding carboxylic acids is 1. The van der Waals surface area contributed by atoms with Gasteiger partial charge in [0.25, 0.3) is 5.91 Å². The van der Waals surface area contributed by atoms with Crippen molar-refractivity contribution < 1.29 is 9.53 Å². The van der Waals surface area contributed by atoms with Gasteiger partial charge in [0.15, 0.2) is 0 Å². The van der Waals surface area contributed by atoms with Gasteiger partial charge in [-0.1, -0.05) is 12.1 Å². The van der Waals surface area contributed by atoms with E-state index in [1.165, 1.54) is 5.56 Å². The van der Waals surface area contributed by atoms with Crippen molar-refractivity contribution in [1.82, 2.24) is 5.32 Å². The standard InChI is InChI=1S/C18H20BrNO2/c1-11-5-6-15(9-12(11)2)18(21)20-13(3)14-7-8-17(22-4)16(19)10-14/h5-10,13H,1-4H3,(H,20,21)/t13-/m0/s1. The van der Waals surface area contributed by atoms with E-state index in [0.717, 1.165) is 21.3 Å². The molecule has 0 aliphatic rings. The molecule has 0 bridgehead atoms. The molecule has 0 unspecified atom stereocenters. The van der Waals surface area contributed by atoms with E-state index in [1.807, 2.05) is 57.2 Å². The Bertz CT molecular complexity index is 697. The third kappa shape index (κ3) is 3.69. The quantitative estimate of drug-likeness (QED) is 0.866. The second-order valence-electron chi connectivity index (χ2n) is 5.39. The first-order chi connectivity index (χ1) is 10.4. The van der Waals surface area contributed by atoms with Crippen LogP contribution in [0, 0.1) is 13.8 Å². The van der Waals surface area contributed by atoms with E-state index < -0.39 is 0 Å². The molecule has 0 aliphatic carbocycles. The minimum absolute atomic E-state index is 0.0671. The molecule has 0 aromatic heterocycles. The van der Waals surface area contributed by atoms with Crippen LogP contribution in [0.25, 0.3) is 0 Å². The van der Waals surface area contributed by atoms with Crippen LogP contribution in [0.2, 0.25) is 0 Å². The predicted molar refractivity (Wildman–Crippen MR) is 92.5 cm³/mol. The van der Waals surface area contributed by atoms with Crippen molar-refractivity contribution in [2.45, 2.75) is 26.8 Å². The third-order valence-corrected chi connectivity index (χ3v) is 4.41. The van der Waals surface area contributed by atoms with E-state index in [4.69, 9.17) is 4.74 Å². The summed E-state index contributed by atoms with van der Waals surface area (Å²) in [6, 6.07) is 11.5. The number of benzene rings is 2. The minimum atomic E-state index is -0.0867. The molecule has 0 saturated heterocycles. The summed E-state index contributed by atoms with van der Waals surface area (Å²) in [4.78, 5) is 12.4. The molecule has 0 saturated carbocycles. The molecule has 0 radical (unpaired) electrons. The zero-order chi connectivity index (χ0) is 16.3. The van der Waals surface area contributed by atoms with E-state index in [0.29, 0.717) is 5.56 Å². The first kappa shape index (κ1) is 16.6. The Labute approximate surface area is 139 Å². The Balaban J connectivity index is 2.13. The number of amides is 1. The van der Waals surface area contributed by atoms with Gasteiger partial charge in [0.2, 0.25) is 0 Å². The van der Waals surface area contributed by atoms with Crippen LogP contribution in [0.5, 0.6) is 5.75 Å². The van der Waals surface area contributed by atoms with Gasteiger partial charge in [-0.25, -0.2) is 0 Å². The smallest absolute Gasteiger partial charge is 0.251 e. The molecule has 0 spiro atoms. The van der Waals surface area contributed by atoms with Crippen molar-refractivity contribution in [3.63, 3.8) is 0 Å². The first-order valence-corrected chi connectivity index (χ1v) is 7.93. The lowest BCUT2D eigenvalue weighted by atomic mass is 10.0. The Morgan fingerprint density at radius 1 is 1.14 bits per heavy atom. The molecule has 22 heavy (non-hydrogen) atoms. The average Bonchev–Trinajstić information content (AvgIpc) is 2.49. The van der Waals surface area contributed by atoms with E-state index in [-0.39, 0.29) is 11.9 Å². The Morgan fingerprint density at radius 3 is 2.45 bits per heavy atom. The molecule has 4 heteroatoms. The highest BCUT2D eigenvalue weighted by atomic mass is 79.9. The fourth-order valence-electron chi connectivity index (χ4n) is 2.20. The number of halogens is 1. The van der Waals surface area contributed by atoms with Crippen LogP contribution in [-0.2, 0) is 0 Å². The number of aryl methyl sites for hydroxylation is 2. The zero-order valence-electron chi connectivity index (χ0n) is 13.2. The largest absolute Gasteiger partial charge is 0.496 e. The van der Waals surface area contributed by atoms with Crippen LogP contribution >= 0.6 is 15.9 Å². The van der Waals surface area contributed by atoms with Gasteiger partial charge in [-0.2, -0.15) is 0 Å². The Kier molecular flexibility index (Phi) is 5.24. The van der Waals surface area contributed by atoms with Crippen molar-refractivity contribution in [3.05, 3.63) is 63.1 Å². The van der Waals surface area contributed by atoms with Crippen molar-refractivity contribution >= 4 is 21.8 Å². The summed E-state index contributed by atoms with van der Waals surface area (Å²) in [7, 11) is 1.63. The molecule has 2 aromatic rings. The lowest BCUT2D eigenvalue weighted by Crippen LogP contribution is -2.26. The van der Waals surface area contributed by atoms with E-state index in [9.17, 15) is 4.79 Å². The van der Waals surface area contributed by atoms with Crippen molar-refractivity contribution in [3.8, 4) is 5.75 Å². The number of nitrogens with one attached hydrogen (secondary N) is 1. The number of hydrogen-bond donors (Lipinski definition) is 1. The molecule has 2 rings (SSSR count).